The van der Waals surface area contributed by atoms with E-state index in [9.17, 15) is 4.79 Å². The first-order valence-electron chi connectivity index (χ1n) is 10.2. The molecule has 0 saturated carbocycles. The van der Waals surface area contributed by atoms with Gasteiger partial charge in [-0.3, -0.25) is 10.3 Å². The average molecular weight is 406 g/mol. The topological polar surface area (TPSA) is 86.3 Å². The van der Waals surface area contributed by atoms with Crippen molar-refractivity contribution in [2.75, 3.05) is 18.5 Å². The molecule has 30 heavy (non-hydrogen) atoms. The fourth-order valence-electron chi connectivity index (χ4n) is 4.20. The molecule has 7 nitrogen and oxygen atoms in total. The number of hydrogen-bond acceptors (Lipinski definition) is 5. The van der Waals surface area contributed by atoms with Gasteiger partial charge in [-0.25, -0.2) is 4.79 Å². The van der Waals surface area contributed by atoms with Crippen LogP contribution in [0.1, 0.15) is 5.69 Å². The van der Waals surface area contributed by atoms with Gasteiger partial charge in [0.05, 0.1) is 18.0 Å². The molecular weight excluding hydrogens is 382 g/mol. The van der Waals surface area contributed by atoms with E-state index in [4.69, 9.17) is 14.2 Å². The summed E-state index contributed by atoms with van der Waals surface area (Å²) < 4.78 is 17.5. The van der Waals surface area contributed by atoms with Gasteiger partial charge in [0.1, 0.15) is 31.4 Å². The van der Waals surface area contributed by atoms with Crippen molar-refractivity contribution in [1.29, 1.82) is 0 Å². The largest absolute Gasteiger partial charge is 0.441 e. The quantitative estimate of drug-likeness (QED) is 0.678. The van der Waals surface area contributed by atoms with Gasteiger partial charge in [-0.1, -0.05) is 42.5 Å². The monoisotopic (exact) mass is 406 g/mol. The number of fused-ring (bicyclic) bond motifs is 2. The summed E-state index contributed by atoms with van der Waals surface area (Å²) in [6, 6.07) is 19.7. The SMILES string of the molecule is O=C(Nc1cccc2ccccc12)O[C@@H]1CO[C@H]2[C@@H]1OC[C@@H]2[NH2+]Cc1ccccn1. The number of aromatic nitrogens is 1. The van der Waals surface area contributed by atoms with E-state index in [1.54, 1.807) is 6.20 Å². The first-order chi connectivity index (χ1) is 14.8. The number of amides is 1. The summed E-state index contributed by atoms with van der Waals surface area (Å²) in [5.74, 6) is 0. The van der Waals surface area contributed by atoms with Crippen molar-refractivity contribution >= 4 is 22.6 Å². The van der Waals surface area contributed by atoms with Crippen molar-refractivity contribution in [2.24, 2.45) is 0 Å². The molecule has 1 amide bonds. The molecule has 0 unspecified atom stereocenters. The number of nitrogens with one attached hydrogen (secondary N) is 1. The zero-order valence-electron chi connectivity index (χ0n) is 16.4. The Hall–Kier alpha value is -3.00. The van der Waals surface area contributed by atoms with Crippen LogP contribution in [0, 0.1) is 0 Å². The number of anilines is 1. The number of ether oxygens (including phenoxy) is 3. The lowest BCUT2D eigenvalue weighted by molar-refractivity contribution is -0.708. The van der Waals surface area contributed by atoms with Crippen molar-refractivity contribution in [3.8, 4) is 0 Å². The number of hydrogen-bond donors (Lipinski definition) is 2. The molecule has 4 atom stereocenters. The van der Waals surface area contributed by atoms with Crippen LogP contribution in [0.5, 0.6) is 0 Å². The molecule has 0 aliphatic carbocycles. The van der Waals surface area contributed by atoms with Crippen LogP contribution in [0.2, 0.25) is 0 Å². The van der Waals surface area contributed by atoms with E-state index in [0.29, 0.717) is 13.2 Å². The average Bonchev–Trinajstić information content (AvgIpc) is 3.36. The highest BCUT2D eigenvalue weighted by Gasteiger charge is 2.51. The van der Waals surface area contributed by atoms with Crippen molar-refractivity contribution in [3.63, 3.8) is 0 Å². The molecule has 2 aliphatic rings. The standard InChI is InChI=1S/C23H23N3O4/c27-23(26-18-10-5-7-15-6-1-2-9-17(15)18)30-20-14-29-21-19(13-28-22(20)21)25-12-16-8-3-4-11-24-16/h1-11,19-22,25H,12-14H2,(H,26,27)/p+1/t19-,20+,21+,22+/m0/s1. The minimum atomic E-state index is -0.495. The maximum atomic E-state index is 12.5. The molecule has 2 aromatic carbocycles. The summed E-state index contributed by atoms with van der Waals surface area (Å²) in [7, 11) is 0. The Morgan fingerprint density at radius 3 is 2.77 bits per heavy atom. The van der Waals surface area contributed by atoms with Gasteiger partial charge in [-0.2, -0.15) is 0 Å². The highest BCUT2D eigenvalue weighted by molar-refractivity contribution is 6.00. The molecule has 2 saturated heterocycles. The summed E-state index contributed by atoms with van der Waals surface area (Å²) in [5.41, 5.74) is 1.74. The third-order valence-corrected chi connectivity index (χ3v) is 5.69. The zero-order chi connectivity index (χ0) is 20.3. The summed E-state index contributed by atoms with van der Waals surface area (Å²) in [6.07, 6.45) is 0.544. The van der Waals surface area contributed by atoms with E-state index >= 15 is 0 Å². The maximum absolute atomic E-state index is 12.5. The smallest absolute Gasteiger partial charge is 0.412 e. The van der Waals surface area contributed by atoms with Gasteiger partial charge in [0, 0.05) is 11.6 Å². The van der Waals surface area contributed by atoms with Crippen molar-refractivity contribution < 1.29 is 24.3 Å². The van der Waals surface area contributed by atoms with E-state index < -0.39 is 12.2 Å². The fourth-order valence-corrected chi connectivity index (χ4v) is 4.20. The Bertz CT molecular complexity index is 1020. The Morgan fingerprint density at radius 2 is 1.87 bits per heavy atom. The number of pyridine rings is 1. The number of nitrogens with zero attached hydrogens (tertiary/aromatic N) is 1. The summed E-state index contributed by atoms with van der Waals surface area (Å²) >= 11 is 0. The third-order valence-electron chi connectivity index (χ3n) is 5.69. The first kappa shape index (κ1) is 19.0. The van der Waals surface area contributed by atoms with Crippen molar-refractivity contribution in [1.82, 2.24) is 4.98 Å². The van der Waals surface area contributed by atoms with E-state index in [1.165, 1.54) is 0 Å². The Balaban J connectivity index is 1.18. The van der Waals surface area contributed by atoms with Gasteiger partial charge in [0.2, 0.25) is 0 Å². The highest BCUT2D eigenvalue weighted by Crippen LogP contribution is 2.28. The molecule has 3 aromatic rings. The maximum Gasteiger partial charge on any atom is 0.412 e. The number of benzene rings is 2. The highest BCUT2D eigenvalue weighted by atomic mass is 16.6. The van der Waals surface area contributed by atoms with Crippen LogP contribution in [-0.4, -0.2) is 48.6 Å². The van der Waals surface area contributed by atoms with E-state index in [0.717, 1.165) is 28.7 Å². The van der Waals surface area contributed by atoms with E-state index in [-0.39, 0.29) is 18.2 Å². The molecule has 0 bridgehead atoms. The van der Waals surface area contributed by atoms with Crippen molar-refractivity contribution in [3.05, 3.63) is 72.6 Å². The van der Waals surface area contributed by atoms with Crippen LogP contribution in [0.4, 0.5) is 10.5 Å². The molecule has 2 fully saturated rings. The number of quaternary nitrogens is 1. The molecule has 3 heterocycles. The van der Waals surface area contributed by atoms with Gasteiger partial charge in [0.25, 0.3) is 0 Å². The molecule has 7 heteroatoms. The second-order valence-electron chi connectivity index (χ2n) is 7.62. The minimum absolute atomic E-state index is 0.0935. The van der Waals surface area contributed by atoms with Crippen LogP contribution >= 0.6 is 0 Å². The summed E-state index contributed by atoms with van der Waals surface area (Å²) in [5, 5.41) is 7.08. The molecule has 5 rings (SSSR count). The number of carbonyl (C=O) groups is 1. The molecule has 154 valence electrons. The van der Waals surface area contributed by atoms with Crippen LogP contribution in [0.15, 0.2) is 66.9 Å². The number of rotatable bonds is 5. The predicted molar refractivity (Wildman–Crippen MR) is 111 cm³/mol. The molecule has 1 aromatic heterocycles. The van der Waals surface area contributed by atoms with Gasteiger partial charge in [-0.05, 0) is 23.6 Å². The lowest BCUT2D eigenvalue weighted by Gasteiger charge is -2.17. The first-order valence-corrected chi connectivity index (χ1v) is 10.2. The lowest BCUT2D eigenvalue weighted by Crippen LogP contribution is -2.91. The number of carbonyl (C=O) groups excluding carboxylic acids is 1. The lowest BCUT2D eigenvalue weighted by atomic mass is 10.1. The third kappa shape index (κ3) is 3.87. The molecule has 2 aliphatic heterocycles. The van der Waals surface area contributed by atoms with Gasteiger partial charge in [0.15, 0.2) is 6.10 Å². The predicted octanol–water partition coefficient (Wildman–Crippen LogP) is 2.08. The Morgan fingerprint density at radius 1 is 1.03 bits per heavy atom. The minimum Gasteiger partial charge on any atom is -0.441 e. The fraction of sp³-hybridized carbons (Fsp3) is 0.304. The van der Waals surface area contributed by atoms with Gasteiger partial charge in [-0.15, -0.1) is 0 Å². The van der Waals surface area contributed by atoms with Crippen LogP contribution in [0.25, 0.3) is 10.8 Å². The van der Waals surface area contributed by atoms with E-state index in [2.05, 4.69) is 15.6 Å². The Labute approximate surface area is 174 Å². The second kappa shape index (κ2) is 8.39. The number of nitrogens with two attached hydrogens (primary N) is 1. The zero-order valence-corrected chi connectivity index (χ0v) is 16.4. The summed E-state index contributed by atoms with van der Waals surface area (Å²) in [6.45, 7) is 1.66. The molecule has 0 radical (unpaired) electrons. The molecule has 0 spiro atoms. The normalized spacial score (nSPS) is 25.2. The second-order valence-corrected chi connectivity index (χ2v) is 7.62. The molecular formula is C23H24N3O4+. The molecule has 3 N–H and O–H groups in total. The summed E-state index contributed by atoms with van der Waals surface area (Å²) in [4.78, 5) is 16.9. The van der Waals surface area contributed by atoms with Crippen LogP contribution < -0.4 is 10.6 Å². The van der Waals surface area contributed by atoms with E-state index in [1.807, 2.05) is 60.7 Å². The van der Waals surface area contributed by atoms with Crippen molar-refractivity contribution in [2.45, 2.75) is 30.9 Å². The van der Waals surface area contributed by atoms with Crippen LogP contribution in [0.3, 0.4) is 0 Å². The Kier molecular flexibility index (Phi) is 5.31. The van der Waals surface area contributed by atoms with Crippen LogP contribution in [-0.2, 0) is 20.8 Å². The van der Waals surface area contributed by atoms with Gasteiger partial charge >= 0.3 is 6.09 Å². The van der Waals surface area contributed by atoms with Gasteiger partial charge < -0.3 is 19.5 Å².